The van der Waals surface area contributed by atoms with E-state index in [9.17, 15) is 13.2 Å². The molecular weight excluding hydrogens is 380 g/mol. The summed E-state index contributed by atoms with van der Waals surface area (Å²) in [6.07, 6.45) is 0.474. The number of rotatable bonds is 7. The topological polar surface area (TPSA) is 89.3 Å². The summed E-state index contributed by atoms with van der Waals surface area (Å²) in [6, 6.07) is 6.38. The molecule has 1 amide bonds. The summed E-state index contributed by atoms with van der Waals surface area (Å²) in [7, 11) is -3.33. The van der Waals surface area contributed by atoms with Crippen LogP contribution >= 0.6 is 28.3 Å². The van der Waals surface area contributed by atoms with Crippen molar-refractivity contribution >= 4 is 44.1 Å². The first-order chi connectivity index (χ1) is 9.35. The zero-order valence-corrected chi connectivity index (χ0v) is 14.9. The highest BCUT2D eigenvalue weighted by Gasteiger charge is 2.15. The van der Waals surface area contributed by atoms with E-state index in [1.165, 1.54) is 0 Å². The van der Waals surface area contributed by atoms with Crippen LogP contribution in [0, 0.1) is 0 Å². The lowest BCUT2D eigenvalue weighted by atomic mass is 10.3. The minimum absolute atomic E-state index is 0. The van der Waals surface area contributed by atoms with Crippen molar-refractivity contribution in [2.45, 2.75) is 30.7 Å². The Morgan fingerprint density at radius 1 is 1.33 bits per heavy atom. The van der Waals surface area contributed by atoms with Gasteiger partial charge in [-0.25, -0.2) is 8.42 Å². The summed E-state index contributed by atoms with van der Waals surface area (Å²) < 4.78 is 24.9. The van der Waals surface area contributed by atoms with Crippen LogP contribution in [0.1, 0.15) is 19.8 Å². The predicted molar refractivity (Wildman–Crippen MR) is 89.3 cm³/mol. The fourth-order valence-corrected chi connectivity index (χ4v) is 3.16. The van der Waals surface area contributed by atoms with Gasteiger partial charge in [-0.05, 0) is 37.6 Å². The van der Waals surface area contributed by atoms with Crippen LogP contribution in [0.15, 0.2) is 33.6 Å². The molecule has 0 spiro atoms. The fraction of sp³-hybridized carbons (Fsp3) is 0.462. The van der Waals surface area contributed by atoms with Crippen LogP contribution in [-0.4, -0.2) is 32.7 Å². The van der Waals surface area contributed by atoms with Crippen LogP contribution in [-0.2, 0) is 14.6 Å². The van der Waals surface area contributed by atoms with Gasteiger partial charge in [0.1, 0.15) is 0 Å². The quantitative estimate of drug-likeness (QED) is 0.732. The van der Waals surface area contributed by atoms with E-state index < -0.39 is 9.84 Å². The molecule has 0 fully saturated rings. The summed E-state index contributed by atoms with van der Waals surface area (Å²) >= 11 is 3.26. The normalized spacial score (nSPS) is 12.3. The molecule has 0 heterocycles. The smallest absolute Gasteiger partial charge is 0.220 e. The molecule has 5 nitrogen and oxygen atoms in total. The number of sulfone groups is 1. The fourth-order valence-electron chi connectivity index (χ4n) is 1.59. The summed E-state index contributed by atoms with van der Waals surface area (Å²) in [4.78, 5) is 11.8. The van der Waals surface area contributed by atoms with E-state index in [2.05, 4.69) is 21.2 Å². The minimum Gasteiger partial charge on any atom is -0.352 e. The van der Waals surface area contributed by atoms with E-state index in [-0.39, 0.29) is 41.4 Å². The number of amides is 1. The summed E-state index contributed by atoms with van der Waals surface area (Å²) in [6.45, 7) is 2.17. The van der Waals surface area contributed by atoms with Gasteiger partial charge in [0.15, 0.2) is 9.84 Å². The number of hydrogen-bond donors (Lipinski definition) is 2. The maximum absolute atomic E-state index is 12.0. The molecule has 0 radical (unpaired) electrons. The Bertz CT molecular complexity index is 549. The lowest BCUT2D eigenvalue weighted by Crippen LogP contribution is -2.37. The Labute approximate surface area is 140 Å². The van der Waals surface area contributed by atoms with Gasteiger partial charge in [-0.15, -0.1) is 12.4 Å². The number of halogens is 2. The number of nitrogens with two attached hydrogens (primary N) is 1. The van der Waals surface area contributed by atoms with Crippen molar-refractivity contribution in [1.29, 1.82) is 0 Å². The highest BCUT2D eigenvalue weighted by molar-refractivity contribution is 9.10. The molecule has 0 unspecified atom stereocenters. The molecule has 0 aliphatic heterocycles. The molecule has 8 heteroatoms. The lowest BCUT2D eigenvalue weighted by Gasteiger charge is -2.11. The predicted octanol–water partition coefficient (Wildman–Crippen LogP) is 1.89. The number of benzene rings is 1. The molecule has 0 aliphatic rings. The number of carbonyl (C=O) groups excluding carboxylic acids is 1. The van der Waals surface area contributed by atoms with Gasteiger partial charge in [-0.3, -0.25) is 4.79 Å². The highest BCUT2D eigenvalue weighted by atomic mass is 79.9. The second-order valence-electron chi connectivity index (χ2n) is 4.58. The summed E-state index contributed by atoms with van der Waals surface area (Å²) in [5.41, 5.74) is 5.39. The zero-order valence-electron chi connectivity index (χ0n) is 11.7. The monoisotopic (exact) mass is 398 g/mol. The van der Waals surface area contributed by atoms with Gasteiger partial charge in [0, 0.05) is 23.5 Å². The van der Waals surface area contributed by atoms with E-state index >= 15 is 0 Å². The minimum atomic E-state index is -3.33. The van der Waals surface area contributed by atoms with E-state index in [0.717, 1.165) is 4.47 Å². The molecule has 0 aliphatic carbocycles. The average Bonchev–Trinajstić information content (AvgIpc) is 2.38. The Kier molecular flexibility index (Phi) is 9.12. The van der Waals surface area contributed by atoms with Crippen LogP contribution in [0.2, 0.25) is 0 Å². The molecule has 0 saturated carbocycles. The van der Waals surface area contributed by atoms with Crippen LogP contribution in [0.3, 0.4) is 0 Å². The maximum Gasteiger partial charge on any atom is 0.220 e. The number of nitrogens with one attached hydrogen (secondary N) is 1. The third-order valence-electron chi connectivity index (χ3n) is 2.75. The van der Waals surface area contributed by atoms with Crippen molar-refractivity contribution in [3.63, 3.8) is 0 Å². The van der Waals surface area contributed by atoms with Gasteiger partial charge < -0.3 is 11.1 Å². The van der Waals surface area contributed by atoms with Crippen molar-refractivity contribution in [3.05, 3.63) is 28.7 Å². The van der Waals surface area contributed by atoms with E-state index in [1.54, 1.807) is 31.2 Å². The van der Waals surface area contributed by atoms with Gasteiger partial charge in [0.2, 0.25) is 5.91 Å². The van der Waals surface area contributed by atoms with Gasteiger partial charge in [-0.1, -0.05) is 15.9 Å². The van der Waals surface area contributed by atoms with Crippen LogP contribution in [0.4, 0.5) is 0 Å². The Balaban J connectivity index is 0.00000400. The zero-order chi connectivity index (χ0) is 15.2. The molecule has 0 saturated heterocycles. The van der Waals surface area contributed by atoms with Gasteiger partial charge in [0.25, 0.3) is 0 Å². The molecule has 1 aromatic carbocycles. The number of carbonyl (C=O) groups is 1. The van der Waals surface area contributed by atoms with Gasteiger partial charge >= 0.3 is 0 Å². The first-order valence-corrected chi connectivity index (χ1v) is 8.77. The second kappa shape index (κ2) is 9.40. The number of hydrogen-bond acceptors (Lipinski definition) is 4. The Hall–Kier alpha value is -0.630. The molecule has 1 aromatic rings. The first-order valence-electron chi connectivity index (χ1n) is 6.33. The molecule has 0 bridgehead atoms. The van der Waals surface area contributed by atoms with Crippen molar-refractivity contribution in [3.8, 4) is 0 Å². The summed E-state index contributed by atoms with van der Waals surface area (Å²) in [5, 5.41) is 2.70. The largest absolute Gasteiger partial charge is 0.352 e. The highest BCUT2D eigenvalue weighted by Crippen LogP contribution is 2.16. The van der Waals surface area contributed by atoms with Crippen molar-refractivity contribution < 1.29 is 13.2 Å². The molecule has 1 rings (SSSR count). The van der Waals surface area contributed by atoms with Crippen LogP contribution < -0.4 is 11.1 Å². The van der Waals surface area contributed by atoms with Gasteiger partial charge in [0.05, 0.1) is 10.6 Å². The molecule has 0 aromatic heterocycles. The van der Waals surface area contributed by atoms with Crippen LogP contribution in [0.5, 0.6) is 0 Å². The van der Waals surface area contributed by atoms with Crippen molar-refractivity contribution in [2.75, 3.05) is 12.3 Å². The third kappa shape index (κ3) is 7.26. The standard InChI is InChI=1S/C13H19BrN2O3S.ClH/c1-10(9-15)16-13(17)3-2-8-20(18,19)12-6-4-11(14)5-7-12;/h4-7,10H,2-3,8-9,15H2,1H3,(H,16,17);1H/t10-;/m0./s1. The van der Waals surface area contributed by atoms with E-state index in [0.29, 0.717) is 13.0 Å². The van der Waals surface area contributed by atoms with Crippen LogP contribution in [0.25, 0.3) is 0 Å². The molecule has 1 atom stereocenters. The van der Waals surface area contributed by atoms with E-state index in [4.69, 9.17) is 5.73 Å². The average molecular weight is 400 g/mol. The molecule has 3 N–H and O–H groups in total. The first kappa shape index (κ1) is 20.4. The molecule has 120 valence electrons. The second-order valence-corrected chi connectivity index (χ2v) is 7.61. The molecule has 21 heavy (non-hydrogen) atoms. The lowest BCUT2D eigenvalue weighted by molar-refractivity contribution is -0.121. The molecular formula is C13H20BrClN2O3S. The van der Waals surface area contributed by atoms with Crippen molar-refractivity contribution in [2.24, 2.45) is 5.73 Å². The van der Waals surface area contributed by atoms with E-state index in [1.807, 2.05) is 0 Å². The maximum atomic E-state index is 12.0. The Morgan fingerprint density at radius 2 is 1.90 bits per heavy atom. The SMILES string of the molecule is C[C@@H](CN)NC(=O)CCCS(=O)(=O)c1ccc(Br)cc1.Cl. The third-order valence-corrected chi connectivity index (χ3v) is 5.10. The van der Waals surface area contributed by atoms with Crippen molar-refractivity contribution in [1.82, 2.24) is 5.32 Å². The summed E-state index contributed by atoms with van der Waals surface area (Å²) in [5.74, 6) is -0.215. The van der Waals surface area contributed by atoms with Gasteiger partial charge in [-0.2, -0.15) is 0 Å². The Morgan fingerprint density at radius 3 is 2.43 bits per heavy atom.